The van der Waals surface area contributed by atoms with Gasteiger partial charge in [-0.2, -0.15) is 0 Å². The molecule has 1 aliphatic rings. The number of anilines is 1. The minimum atomic E-state index is -0.303. The molecule has 1 aliphatic heterocycles. The molecule has 4 aromatic rings. The van der Waals surface area contributed by atoms with Crippen LogP contribution in [0.25, 0.3) is 22.5 Å². The molecule has 3 aromatic heterocycles. The number of benzene rings is 1. The van der Waals surface area contributed by atoms with Crippen LogP contribution in [0.15, 0.2) is 60.9 Å². The average molecular weight is 610 g/mol. The smallest absolute Gasteiger partial charge is 0.274 e. The fourth-order valence-electron chi connectivity index (χ4n) is 5.42. The lowest BCUT2D eigenvalue weighted by Crippen LogP contribution is -2.35. The Hall–Kier alpha value is -4.71. The summed E-state index contributed by atoms with van der Waals surface area (Å²) in [4.78, 5) is 38.4. The fraction of sp³-hybridized carbons (Fsp3) is 0.324. The van der Waals surface area contributed by atoms with Gasteiger partial charge in [0, 0.05) is 73.4 Å². The first kappa shape index (κ1) is 31.7. The molecule has 0 radical (unpaired) electrons. The van der Waals surface area contributed by atoms with Crippen molar-refractivity contribution in [2.75, 3.05) is 32.1 Å². The van der Waals surface area contributed by atoms with Crippen LogP contribution in [0.2, 0.25) is 0 Å². The number of hydrogen-bond acceptors (Lipinski definition) is 9. The van der Waals surface area contributed by atoms with Crippen molar-refractivity contribution in [3.05, 3.63) is 88.9 Å². The number of pyridine rings is 3. The summed E-state index contributed by atoms with van der Waals surface area (Å²) in [5, 5.41) is 21.4. The molecule has 11 nitrogen and oxygen atoms in total. The van der Waals surface area contributed by atoms with E-state index in [1.165, 1.54) is 0 Å². The second-order valence-corrected chi connectivity index (χ2v) is 11.0. The van der Waals surface area contributed by atoms with Crippen molar-refractivity contribution in [3.8, 4) is 28.4 Å². The van der Waals surface area contributed by atoms with Gasteiger partial charge < -0.3 is 31.1 Å². The van der Waals surface area contributed by atoms with E-state index in [-0.39, 0.29) is 24.5 Å². The molecule has 5 N–H and O–H groups in total. The third-order valence-electron chi connectivity index (χ3n) is 7.92. The lowest BCUT2D eigenvalue weighted by molar-refractivity contribution is -0.119. The first-order valence-corrected chi connectivity index (χ1v) is 15.1. The van der Waals surface area contributed by atoms with Crippen LogP contribution in [0, 0.1) is 13.8 Å². The summed E-state index contributed by atoms with van der Waals surface area (Å²) in [5.74, 6) is 0.340. The lowest BCUT2D eigenvalue weighted by Gasteiger charge is -2.16. The number of aromatic nitrogens is 3. The molecule has 45 heavy (non-hydrogen) atoms. The Balaban J connectivity index is 1.32. The first-order valence-electron chi connectivity index (χ1n) is 15.1. The minimum absolute atomic E-state index is 0.0626. The normalized spacial score (nSPS) is 14.3. The molecule has 4 heterocycles. The summed E-state index contributed by atoms with van der Waals surface area (Å²) >= 11 is 0. The number of aliphatic hydroxyl groups is 1. The third kappa shape index (κ3) is 7.69. The van der Waals surface area contributed by atoms with E-state index in [1.54, 1.807) is 25.6 Å². The summed E-state index contributed by atoms with van der Waals surface area (Å²) < 4.78 is 5.64. The monoisotopic (exact) mass is 609 g/mol. The molecule has 1 fully saturated rings. The van der Waals surface area contributed by atoms with Gasteiger partial charge in [0.1, 0.15) is 5.69 Å². The molecule has 0 aliphatic carbocycles. The molecular formula is C34H39N7O4. The van der Waals surface area contributed by atoms with Crippen molar-refractivity contribution in [2.24, 2.45) is 0 Å². The van der Waals surface area contributed by atoms with Crippen LogP contribution in [0.4, 0.5) is 5.69 Å². The van der Waals surface area contributed by atoms with Crippen molar-refractivity contribution in [3.63, 3.8) is 0 Å². The Morgan fingerprint density at radius 1 is 1.02 bits per heavy atom. The zero-order chi connectivity index (χ0) is 31.8. The van der Waals surface area contributed by atoms with Crippen molar-refractivity contribution in [1.82, 2.24) is 30.9 Å². The van der Waals surface area contributed by atoms with E-state index in [0.717, 1.165) is 51.2 Å². The Bertz CT molecular complexity index is 1660. The molecule has 1 atom stereocenters. The number of nitrogens with zero attached hydrogens (tertiary/aromatic N) is 3. The van der Waals surface area contributed by atoms with Crippen LogP contribution < -0.4 is 26.0 Å². The zero-order valence-corrected chi connectivity index (χ0v) is 25.8. The summed E-state index contributed by atoms with van der Waals surface area (Å²) in [5.41, 5.74) is 8.07. The largest absolute Gasteiger partial charge is 0.481 e. The Morgan fingerprint density at radius 3 is 2.62 bits per heavy atom. The van der Waals surface area contributed by atoms with E-state index in [1.807, 2.05) is 56.3 Å². The van der Waals surface area contributed by atoms with Crippen molar-refractivity contribution >= 4 is 17.5 Å². The molecule has 5 rings (SSSR count). The maximum absolute atomic E-state index is 13.0. The number of amides is 2. The van der Waals surface area contributed by atoms with Gasteiger partial charge in [-0.1, -0.05) is 24.3 Å². The third-order valence-corrected chi connectivity index (χ3v) is 7.92. The number of rotatable bonds is 13. The molecule has 0 bridgehead atoms. The number of methoxy groups -OCH3 is 1. The van der Waals surface area contributed by atoms with E-state index in [9.17, 15) is 9.59 Å². The second-order valence-electron chi connectivity index (χ2n) is 11.0. The maximum Gasteiger partial charge on any atom is 0.274 e. The highest BCUT2D eigenvalue weighted by Crippen LogP contribution is 2.34. The van der Waals surface area contributed by atoms with E-state index in [0.29, 0.717) is 49.9 Å². The van der Waals surface area contributed by atoms with Gasteiger partial charge in [-0.25, -0.2) is 4.98 Å². The van der Waals surface area contributed by atoms with Gasteiger partial charge in [0.2, 0.25) is 11.8 Å². The topological polar surface area (TPSA) is 150 Å². The Kier molecular flexibility index (Phi) is 10.5. The SMILES string of the molecule is COc1nc(-c2ccnc(-c3cccc(NC(=O)c4ccc(CNCCO)cn4)c3C)c2C)ccc1CNCC1CCC(=O)N1. The van der Waals surface area contributed by atoms with Crippen molar-refractivity contribution in [2.45, 2.75) is 45.8 Å². The summed E-state index contributed by atoms with van der Waals surface area (Å²) in [6.07, 6.45) is 4.85. The highest BCUT2D eigenvalue weighted by molar-refractivity contribution is 6.03. The summed E-state index contributed by atoms with van der Waals surface area (Å²) in [7, 11) is 1.61. The van der Waals surface area contributed by atoms with Gasteiger partial charge >= 0.3 is 0 Å². The molecule has 2 amide bonds. The van der Waals surface area contributed by atoms with Gasteiger partial charge in [-0.3, -0.25) is 19.6 Å². The van der Waals surface area contributed by atoms with Crippen LogP contribution in [-0.4, -0.2) is 64.7 Å². The number of hydrogen-bond donors (Lipinski definition) is 5. The van der Waals surface area contributed by atoms with Gasteiger partial charge in [0.05, 0.1) is 25.1 Å². The van der Waals surface area contributed by atoms with Crippen LogP contribution in [0.3, 0.4) is 0 Å². The first-order chi connectivity index (χ1) is 21.9. The van der Waals surface area contributed by atoms with Gasteiger partial charge in [0.15, 0.2) is 0 Å². The molecule has 234 valence electrons. The Labute approximate surface area is 262 Å². The number of ether oxygens (including phenoxy) is 1. The van der Waals surface area contributed by atoms with Crippen LogP contribution >= 0.6 is 0 Å². The Morgan fingerprint density at radius 2 is 1.89 bits per heavy atom. The van der Waals surface area contributed by atoms with Gasteiger partial charge in [0.25, 0.3) is 5.91 Å². The standard InChI is InChI=1S/C34H39N7O4/c1-21-27(5-4-6-28(21)40-33(44)30-10-7-23(18-38-30)17-35-15-16-42)32-22(2)26(13-14-37-32)29-11-8-24(34(41-29)45-3)19-36-20-25-9-12-31(43)39-25/h4-8,10-11,13-14,18,25,35-36,42H,9,12,15-17,19-20H2,1-3H3,(H,39,43)(H,40,44). The zero-order valence-electron chi connectivity index (χ0n) is 25.8. The number of carbonyl (C=O) groups excluding carboxylic acids is 2. The average Bonchev–Trinajstić information content (AvgIpc) is 3.47. The quantitative estimate of drug-likeness (QED) is 0.143. The maximum atomic E-state index is 13.0. The van der Waals surface area contributed by atoms with Gasteiger partial charge in [-0.15, -0.1) is 0 Å². The number of nitrogens with one attached hydrogen (secondary N) is 4. The molecule has 1 unspecified atom stereocenters. The second kappa shape index (κ2) is 14.8. The van der Waals surface area contributed by atoms with Crippen LogP contribution in [0.5, 0.6) is 5.88 Å². The predicted octanol–water partition coefficient (Wildman–Crippen LogP) is 3.53. The summed E-state index contributed by atoms with van der Waals surface area (Å²) in [6, 6.07) is 15.4. The van der Waals surface area contributed by atoms with E-state index >= 15 is 0 Å². The number of aliphatic hydroxyl groups excluding tert-OH is 1. The molecular weight excluding hydrogens is 570 g/mol. The molecule has 11 heteroatoms. The molecule has 1 aromatic carbocycles. The minimum Gasteiger partial charge on any atom is -0.481 e. The molecule has 0 saturated carbocycles. The highest BCUT2D eigenvalue weighted by Gasteiger charge is 2.21. The van der Waals surface area contributed by atoms with Gasteiger partial charge in [-0.05, 0) is 61.2 Å². The van der Waals surface area contributed by atoms with Crippen molar-refractivity contribution in [1.29, 1.82) is 0 Å². The van der Waals surface area contributed by atoms with E-state index in [4.69, 9.17) is 19.8 Å². The van der Waals surface area contributed by atoms with Crippen molar-refractivity contribution < 1.29 is 19.4 Å². The lowest BCUT2D eigenvalue weighted by atomic mass is 9.96. The van der Waals surface area contributed by atoms with E-state index < -0.39 is 0 Å². The highest BCUT2D eigenvalue weighted by atomic mass is 16.5. The number of carbonyl (C=O) groups is 2. The molecule has 0 spiro atoms. The predicted molar refractivity (Wildman–Crippen MR) is 173 cm³/mol. The van der Waals surface area contributed by atoms with Crippen LogP contribution in [0.1, 0.15) is 45.6 Å². The van der Waals surface area contributed by atoms with E-state index in [2.05, 4.69) is 26.3 Å². The van der Waals surface area contributed by atoms with Crippen LogP contribution in [-0.2, 0) is 17.9 Å². The summed E-state index contributed by atoms with van der Waals surface area (Å²) in [6.45, 7) is 6.36. The fourth-order valence-corrected chi connectivity index (χ4v) is 5.42. The molecule has 1 saturated heterocycles.